The van der Waals surface area contributed by atoms with Crippen LogP contribution < -0.4 is 27.7 Å². The molecule has 10 nitrogen and oxygen atoms in total. The van der Waals surface area contributed by atoms with Crippen LogP contribution in [0, 0.1) is 0 Å². The molecule has 0 N–H and O–H groups in total. The number of aryl methyl sites for hydroxylation is 1. The van der Waals surface area contributed by atoms with Gasteiger partial charge in [0.1, 0.15) is 28.7 Å². The summed E-state index contributed by atoms with van der Waals surface area (Å²) in [7, 11) is -8.71. The van der Waals surface area contributed by atoms with E-state index in [2.05, 4.69) is 19.9 Å². The lowest BCUT2D eigenvalue weighted by Gasteiger charge is -2.26. The molecule has 55 heavy (non-hydrogen) atoms. The third-order valence-electron chi connectivity index (χ3n) is 8.66. The fourth-order valence-electron chi connectivity index (χ4n) is 6.07. The van der Waals surface area contributed by atoms with Crippen LogP contribution in [-0.4, -0.2) is 6.79 Å². The first-order valence-corrected chi connectivity index (χ1v) is 21.4. The van der Waals surface area contributed by atoms with Crippen LogP contribution in [0.2, 0.25) is 0 Å². The van der Waals surface area contributed by atoms with Gasteiger partial charge in [-0.15, -0.1) is 0 Å². The molecule has 5 aromatic carbocycles. The Kier molecular flexibility index (Phi) is 14.1. The third-order valence-corrected chi connectivity index (χ3v) is 11.1. The Morgan fingerprint density at radius 3 is 1.62 bits per heavy atom. The van der Waals surface area contributed by atoms with E-state index in [0.717, 1.165) is 44.1 Å². The summed E-state index contributed by atoms with van der Waals surface area (Å²) in [5.41, 5.74) is 2.73. The van der Waals surface area contributed by atoms with Crippen molar-refractivity contribution >= 4 is 15.6 Å². The fraction of sp³-hybridized carbons (Fsp3) is 0.256. The summed E-state index contributed by atoms with van der Waals surface area (Å²) >= 11 is 0. The fourth-order valence-corrected chi connectivity index (χ4v) is 8.19. The number of phosphoric acid groups is 2. The Hall–Kier alpha value is -4.98. The lowest BCUT2D eigenvalue weighted by atomic mass is 9.84. The zero-order valence-electron chi connectivity index (χ0n) is 31.0. The second kappa shape index (κ2) is 19.6. The van der Waals surface area contributed by atoms with Crippen molar-refractivity contribution in [2.75, 3.05) is 6.79 Å². The highest BCUT2D eigenvalue weighted by Crippen LogP contribution is 2.52. The molecular formula is C43H46O10P2. The first-order valence-electron chi connectivity index (χ1n) is 18.5. The largest absolute Gasteiger partial charge is 0.625 e. The standard InChI is InChI=1S/C43H46O10P2/c1-3-4-9-20-35-31-41(46-33-47-54(44,49-37-22-10-5-11-23-37)50-38-24-12-6-13-25-38)43(36-21-18-19-34(2)30-36)42(32-35)48-53-55(45,51-39-26-14-7-15-27-39)52-40-28-16-8-17-29-40/h5-8,10-17,22-32,36H,3-4,9,18-21,33H2,1-2H3. The number of phosphoric ester groups is 2. The van der Waals surface area contributed by atoms with Gasteiger partial charge in [0.2, 0.25) is 6.79 Å². The van der Waals surface area contributed by atoms with Crippen molar-refractivity contribution in [2.24, 2.45) is 0 Å². The van der Waals surface area contributed by atoms with Crippen molar-refractivity contribution in [1.29, 1.82) is 0 Å². The average Bonchev–Trinajstić information content (AvgIpc) is 3.18. The van der Waals surface area contributed by atoms with Crippen molar-refractivity contribution in [3.63, 3.8) is 0 Å². The summed E-state index contributed by atoms with van der Waals surface area (Å²) in [5, 5.41) is 0. The molecule has 0 aliphatic heterocycles. The molecule has 0 amide bonds. The Morgan fingerprint density at radius 1 is 0.636 bits per heavy atom. The minimum Gasteiger partial charge on any atom is -0.466 e. The van der Waals surface area contributed by atoms with Crippen LogP contribution in [0.4, 0.5) is 0 Å². The second-order valence-electron chi connectivity index (χ2n) is 13.0. The summed E-state index contributed by atoms with van der Waals surface area (Å²) in [6.45, 7) is 3.73. The summed E-state index contributed by atoms with van der Waals surface area (Å²) in [5.74, 6) is 1.67. The second-order valence-corrected chi connectivity index (χ2v) is 16.0. The van der Waals surface area contributed by atoms with Gasteiger partial charge in [-0.2, -0.15) is 0 Å². The molecule has 1 unspecified atom stereocenters. The zero-order chi connectivity index (χ0) is 38.4. The van der Waals surface area contributed by atoms with Crippen molar-refractivity contribution in [1.82, 2.24) is 0 Å². The van der Waals surface area contributed by atoms with E-state index in [9.17, 15) is 9.13 Å². The number of unbranched alkanes of at least 4 members (excludes halogenated alkanes) is 2. The van der Waals surface area contributed by atoms with Crippen LogP contribution in [0.3, 0.4) is 0 Å². The smallest absolute Gasteiger partial charge is 0.466 e. The molecular weight excluding hydrogens is 738 g/mol. The van der Waals surface area contributed by atoms with Crippen LogP contribution in [0.1, 0.15) is 69.4 Å². The molecule has 1 aliphatic rings. The van der Waals surface area contributed by atoms with E-state index >= 15 is 0 Å². The van der Waals surface area contributed by atoms with Crippen LogP contribution in [0.5, 0.6) is 34.5 Å². The predicted octanol–water partition coefficient (Wildman–Crippen LogP) is 12.8. The van der Waals surface area contributed by atoms with Gasteiger partial charge in [-0.3, -0.25) is 0 Å². The highest BCUT2D eigenvalue weighted by atomic mass is 31.2. The Labute approximate surface area is 323 Å². The van der Waals surface area contributed by atoms with E-state index in [1.165, 1.54) is 5.57 Å². The number of allylic oxidation sites excluding steroid dienone is 2. The van der Waals surface area contributed by atoms with Crippen LogP contribution in [0.15, 0.2) is 145 Å². The number of hydrogen-bond acceptors (Lipinski definition) is 10. The van der Waals surface area contributed by atoms with Crippen molar-refractivity contribution in [3.8, 4) is 34.5 Å². The van der Waals surface area contributed by atoms with Crippen LogP contribution in [-0.2, 0) is 24.7 Å². The van der Waals surface area contributed by atoms with E-state index in [0.29, 0.717) is 29.2 Å². The maximum Gasteiger partial charge on any atom is 0.625 e. The first-order chi connectivity index (χ1) is 26.8. The average molecular weight is 785 g/mol. The SMILES string of the molecule is CCCCCc1cc(OCOP(=O)(Oc2ccccc2)Oc2ccccc2)c(C2C=C(C)CCC2)c(OOP(=O)(Oc2ccccc2)Oc2ccccc2)c1. The summed E-state index contributed by atoms with van der Waals surface area (Å²) < 4.78 is 69.7. The zero-order valence-corrected chi connectivity index (χ0v) is 32.8. The summed E-state index contributed by atoms with van der Waals surface area (Å²) in [4.78, 5) is 6.06. The molecule has 0 heterocycles. The lowest BCUT2D eigenvalue weighted by molar-refractivity contribution is -0.120. The van der Waals surface area contributed by atoms with Gasteiger partial charge in [0, 0.05) is 11.5 Å². The minimum absolute atomic E-state index is 0.163. The van der Waals surface area contributed by atoms with Crippen LogP contribution >= 0.6 is 15.6 Å². The number of benzene rings is 5. The Balaban J connectivity index is 1.33. The summed E-state index contributed by atoms with van der Waals surface area (Å²) in [6, 6.07) is 38.3. The third kappa shape index (κ3) is 12.0. The van der Waals surface area contributed by atoms with E-state index < -0.39 is 22.4 Å². The van der Waals surface area contributed by atoms with Gasteiger partial charge in [-0.05, 0) is 105 Å². The molecule has 0 aromatic heterocycles. The molecule has 1 aliphatic carbocycles. The highest BCUT2D eigenvalue weighted by molar-refractivity contribution is 7.49. The van der Waals surface area contributed by atoms with Crippen molar-refractivity contribution in [3.05, 3.63) is 156 Å². The van der Waals surface area contributed by atoms with Crippen molar-refractivity contribution in [2.45, 2.75) is 64.7 Å². The lowest BCUT2D eigenvalue weighted by Crippen LogP contribution is -2.14. The molecule has 0 spiro atoms. The van der Waals surface area contributed by atoms with Gasteiger partial charge < -0.3 is 27.7 Å². The van der Waals surface area contributed by atoms with Gasteiger partial charge in [-0.1, -0.05) is 109 Å². The molecule has 0 saturated carbocycles. The van der Waals surface area contributed by atoms with E-state index in [4.69, 9.17) is 36.9 Å². The maximum absolute atomic E-state index is 14.3. The molecule has 288 valence electrons. The minimum atomic E-state index is -4.44. The maximum atomic E-state index is 14.3. The number of rotatable bonds is 20. The number of hydrogen-bond donors (Lipinski definition) is 0. The van der Waals surface area contributed by atoms with Crippen LogP contribution in [0.25, 0.3) is 0 Å². The van der Waals surface area contributed by atoms with Crippen molar-refractivity contribution < 1.29 is 46.0 Å². The molecule has 6 rings (SSSR count). The first kappa shape index (κ1) is 39.7. The highest BCUT2D eigenvalue weighted by Gasteiger charge is 2.36. The van der Waals surface area contributed by atoms with E-state index in [-0.39, 0.29) is 23.2 Å². The Morgan fingerprint density at radius 2 is 1.13 bits per heavy atom. The number of ether oxygens (including phenoxy) is 1. The molecule has 0 saturated heterocycles. The molecule has 0 bridgehead atoms. The normalized spacial score (nSPS) is 14.4. The van der Waals surface area contributed by atoms with Gasteiger partial charge in [0.15, 0.2) is 5.75 Å². The van der Waals surface area contributed by atoms with E-state index in [1.54, 1.807) is 97.1 Å². The van der Waals surface area contributed by atoms with Gasteiger partial charge in [-0.25, -0.2) is 13.7 Å². The molecule has 0 fully saturated rings. The molecule has 5 aromatic rings. The quantitative estimate of drug-likeness (QED) is 0.0189. The molecule has 1 atom stereocenters. The Bertz CT molecular complexity index is 1970. The van der Waals surface area contributed by atoms with Gasteiger partial charge >= 0.3 is 15.6 Å². The van der Waals surface area contributed by atoms with Gasteiger partial charge in [0.05, 0.1) is 0 Å². The summed E-state index contributed by atoms with van der Waals surface area (Å²) in [6.07, 6.45) is 8.49. The topological polar surface area (TPSA) is 108 Å². The predicted molar refractivity (Wildman–Crippen MR) is 212 cm³/mol. The molecule has 0 radical (unpaired) electrons. The monoisotopic (exact) mass is 784 g/mol. The molecule has 12 heteroatoms. The van der Waals surface area contributed by atoms with E-state index in [1.807, 2.05) is 36.4 Å². The number of para-hydroxylation sites is 4. The van der Waals surface area contributed by atoms with Gasteiger partial charge in [0.25, 0.3) is 0 Å².